The topological polar surface area (TPSA) is 62.3 Å². The van der Waals surface area contributed by atoms with Crippen LogP contribution in [0.5, 0.6) is 0 Å². The summed E-state index contributed by atoms with van der Waals surface area (Å²) in [4.78, 5) is 31.3. The van der Waals surface area contributed by atoms with Crippen LogP contribution < -0.4 is 5.32 Å². The van der Waals surface area contributed by atoms with E-state index in [2.05, 4.69) is 29.4 Å². The number of likely N-dealkylation sites (tertiary alicyclic amines) is 1. The number of fused-ring (bicyclic) bond motifs is 1. The highest BCUT2D eigenvalue weighted by Gasteiger charge is 2.34. The molecule has 6 heteroatoms. The molecule has 2 amide bonds. The minimum atomic E-state index is -0.299. The maximum Gasteiger partial charge on any atom is 0.229 e. The molecule has 0 spiro atoms. The fourth-order valence-electron chi connectivity index (χ4n) is 3.52. The summed E-state index contributed by atoms with van der Waals surface area (Å²) in [6.45, 7) is 3.22. The van der Waals surface area contributed by atoms with Gasteiger partial charge in [0.2, 0.25) is 11.8 Å². The van der Waals surface area contributed by atoms with Gasteiger partial charge in [-0.3, -0.25) is 9.59 Å². The summed E-state index contributed by atoms with van der Waals surface area (Å²) in [5.74, 6) is -0.330. The number of thiazole rings is 1. The Morgan fingerprint density at radius 1 is 1.25 bits per heavy atom. The summed E-state index contributed by atoms with van der Waals surface area (Å²) in [6.07, 6.45) is 2.00. The number of benzene rings is 2. The lowest BCUT2D eigenvalue weighted by Crippen LogP contribution is -2.30. The van der Waals surface area contributed by atoms with Crippen molar-refractivity contribution in [3.8, 4) is 0 Å². The lowest BCUT2D eigenvalue weighted by atomic mass is 10.1. The standard InChI is InChI=1S/C22H23N3O2S/c1-2-20-24-18-9-8-17(13-19(18)28-20)23-22(27)16-12-21(26)25(14-16)11-10-15-6-4-3-5-7-15/h3-9,13,16H,2,10-12,14H2,1H3,(H,23,27). The molecular weight excluding hydrogens is 370 g/mol. The van der Waals surface area contributed by atoms with Crippen molar-refractivity contribution in [2.75, 3.05) is 18.4 Å². The highest BCUT2D eigenvalue weighted by Crippen LogP contribution is 2.27. The normalized spacial score (nSPS) is 16.7. The van der Waals surface area contributed by atoms with Crippen molar-refractivity contribution in [1.82, 2.24) is 9.88 Å². The third kappa shape index (κ3) is 4.07. The lowest BCUT2D eigenvalue weighted by molar-refractivity contribution is -0.128. The van der Waals surface area contributed by atoms with Gasteiger partial charge in [0.25, 0.3) is 0 Å². The molecule has 28 heavy (non-hydrogen) atoms. The predicted octanol–water partition coefficient (Wildman–Crippen LogP) is 3.89. The fourth-order valence-corrected chi connectivity index (χ4v) is 4.46. The van der Waals surface area contributed by atoms with E-state index in [1.165, 1.54) is 5.56 Å². The molecule has 5 nitrogen and oxygen atoms in total. The molecule has 4 rings (SSSR count). The Kier molecular flexibility index (Phi) is 5.39. The molecule has 0 aliphatic carbocycles. The molecule has 1 aliphatic heterocycles. The zero-order valence-corrected chi connectivity index (χ0v) is 16.7. The van der Waals surface area contributed by atoms with Gasteiger partial charge in [-0.25, -0.2) is 4.98 Å². The van der Waals surface area contributed by atoms with Crippen LogP contribution in [0.1, 0.15) is 23.9 Å². The van der Waals surface area contributed by atoms with Gasteiger partial charge in [-0.2, -0.15) is 0 Å². The third-order valence-corrected chi connectivity index (χ3v) is 6.26. The summed E-state index contributed by atoms with van der Waals surface area (Å²) >= 11 is 1.65. The van der Waals surface area contributed by atoms with Crippen molar-refractivity contribution in [2.24, 2.45) is 5.92 Å². The summed E-state index contributed by atoms with van der Waals surface area (Å²) < 4.78 is 1.07. The van der Waals surface area contributed by atoms with Gasteiger partial charge in [0.05, 0.1) is 21.1 Å². The number of carbonyl (C=O) groups is 2. The number of hydrogen-bond donors (Lipinski definition) is 1. The molecule has 1 N–H and O–H groups in total. The van der Waals surface area contributed by atoms with Crippen LogP contribution in [-0.2, 0) is 22.4 Å². The van der Waals surface area contributed by atoms with Crippen molar-refractivity contribution in [2.45, 2.75) is 26.2 Å². The van der Waals surface area contributed by atoms with Crippen LogP contribution in [0.25, 0.3) is 10.2 Å². The molecule has 3 aromatic rings. The van der Waals surface area contributed by atoms with Crippen molar-refractivity contribution in [3.05, 3.63) is 59.1 Å². The number of aromatic nitrogens is 1. The Labute approximate surface area is 168 Å². The minimum absolute atomic E-state index is 0.0570. The number of nitrogens with zero attached hydrogens (tertiary/aromatic N) is 2. The molecule has 144 valence electrons. The van der Waals surface area contributed by atoms with Crippen LogP contribution in [0.2, 0.25) is 0 Å². The van der Waals surface area contributed by atoms with Crippen LogP contribution >= 0.6 is 11.3 Å². The first kappa shape index (κ1) is 18.6. The minimum Gasteiger partial charge on any atom is -0.342 e. The average molecular weight is 394 g/mol. The van der Waals surface area contributed by atoms with Gasteiger partial charge in [-0.05, 0) is 36.6 Å². The van der Waals surface area contributed by atoms with Crippen molar-refractivity contribution < 1.29 is 9.59 Å². The second-order valence-corrected chi connectivity index (χ2v) is 8.22. The Morgan fingerprint density at radius 3 is 2.86 bits per heavy atom. The molecule has 1 unspecified atom stereocenters. The SMILES string of the molecule is CCc1nc2ccc(NC(=O)C3CC(=O)N(CCc4ccccc4)C3)cc2s1. The number of rotatable bonds is 6. The second kappa shape index (κ2) is 8.10. The average Bonchev–Trinajstić information content (AvgIpc) is 3.30. The van der Waals surface area contributed by atoms with Crippen LogP contribution in [0, 0.1) is 5.92 Å². The van der Waals surface area contributed by atoms with E-state index in [-0.39, 0.29) is 24.2 Å². The Balaban J connectivity index is 1.36. The number of anilines is 1. The van der Waals surface area contributed by atoms with Crippen molar-refractivity contribution in [3.63, 3.8) is 0 Å². The van der Waals surface area contributed by atoms with E-state index >= 15 is 0 Å². The van der Waals surface area contributed by atoms with E-state index in [4.69, 9.17) is 0 Å². The summed E-state index contributed by atoms with van der Waals surface area (Å²) in [5, 5.41) is 4.07. The molecule has 1 saturated heterocycles. The zero-order valence-electron chi connectivity index (χ0n) is 15.9. The second-order valence-electron chi connectivity index (χ2n) is 7.11. The molecule has 2 heterocycles. The number of aryl methyl sites for hydroxylation is 1. The first-order chi connectivity index (χ1) is 13.6. The van der Waals surface area contributed by atoms with Gasteiger partial charge in [0, 0.05) is 25.2 Å². The molecule has 1 aliphatic rings. The van der Waals surface area contributed by atoms with Gasteiger partial charge < -0.3 is 10.2 Å². The Hall–Kier alpha value is -2.73. The van der Waals surface area contributed by atoms with E-state index in [0.29, 0.717) is 13.1 Å². The molecular formula is C22H23N3O2S. The summed E-state index contributed by atoms with van der Waals surface area (Å²) in [6, 6.07) is 15.9. The Morgan fingerprint density at radius 2 is 2.07 bits per heavy atom. The fraction of sp³-hybridized carbons (Fsp3) is 0.318. The monoisotopic (exact) mass is 393 g/mol. The van der Waals surface area contributed by atoms with Gasteiger partial charge in [0.15, 0.2) is 0 Å². The van der Waals surface area contributed by atoms with E-state index in [9.17, 15) is 9.59 Å². The van der Waals surface area contributed by atoms with Crippen LogP contribution in [0.15, 0.2) is 48.5 Å². The summed E-state index contributed by atoms with van der Waals surface area (Å²) in [7, 11) is 0. The Bertz CT molecular complexity index is 999. The van der Waals surface area contributed by atoms with Gasteiger partial charge in [-0.1, -0.05) is 37.3 Å². The van der Waals surface area contributed by atoms with Crippen molar-refractivity contribution >= 4 is 39.1 Å². The van der Waals surface area contributed by atoms with E-state index in [1.54, 1.807) is 16.2 Å². The molecule has 1 atom stereocenters. The first-order valence-electron chi connectivity index (χ1n) is 9.64. The maximum atomic E-state index is 12.7. The smallest absolute Gasteiger partial charge is 0.229 e. The molecule has 1 aromatic heterocycles. The third-order valence-electron chi connectivity index (χ3n) is 5.10. The number of amides is 2. The molecule has 0 bridgehead atoms. The molecule has 0 saturated carbocycles. The van der Waals surface area contributed by atoms with E-state index in [1.807, 2.05) is 36.4 Å². The number of nitrogens with one attached hydrogen (secondary N) is 1. The van der Waals surface area contributed by atoms with Gasteiger partial charge in [0.1, 0.15) is 0 Å². The van der Waals surface area contributed by atoms with E-state index in [0.717, 1.165) is 33.8 Å². The number of carbonyl (C=O) groups excluding carboxylic acids is 2. The summed E-state index contributed by atoms with van der Waals surface area (Å²) in [5.41, 5.74) is 2.93. The largest absolute Gasteiger partial charge is 0.342 e. The van der Waals surface area contributed by atoms with Gasteiger partial charge >= 0.3 is 0 Å². The van der Waals surface area contributed by atoms with E-state index < -0.39 is 0 Å². The maximum absolute atomic E-state index is 12.7. The van der Waals surface area contributed by atoms with Crippen LogP contribution in [-0.4, -0.2) is 34.8 Å². The highest BCUT2D eigenvalue weighted by atomic mass is 32.1. The molecule has 2 aromatic carbocycles. The van der Waals surface area contributed by atoms with Crippen LogP contribution in [0.3, 0.4) is 0 Å². The van der Waals surface area contributed by atoms with Gasteiger partial charge in [-0.15, -0.1) is 11.3 Å². The molecule has 1 fully saturated rings. The lowest BCUT2D eigenvalue weighted by Gasteiger charge is -2.16. The number of hydrogen-bond acceptors (Lipinski definition) is 4. The quantitative estimate of drug-likeness (QED) is 0.691. The van der Waals surface area contributed by atoms with Crippen LogP contribution in [0.4, 0.5) is 5.69 Å². The molecule has 0 radical (unpaired) electrons. The van der Waals surface area contributed by atoms with Crippen molar-refractivity contribution in [1.29, 1.82) is 0 Å². The first-order valence-corrected chi connectivity index (χ1v) is 10.5. The predicted molar refractivity (Wildman–Crippen MR) is 112 cm³/mol. The zero-order chi connectivity index (χ0) is 19.5. The highest BCUT2D eigenvalue weighted by molar-refractivity contribution is 7.18.